The average molecular weight is 289 g/mol. The van der Waals surface area contributed by atoms with Crippen molar-refractivity contribution in [3.05, 3.63) is 35.4 Å². The molecule has 4 nitrogen and oxygen atoms in total. The van der Waals surface area contributed by atoms with Crippen LogP contribution in [0.2, 0.25) is 0 Å². The Morgan fingerprint density at radius 2 is 1.86 bits per heavy atom. The Morgan fingerprint density at radius 1 is 1.19 bits per heavy atom. The molecule has 0 aromatic heterocycles. The number of benzene rings is 1. The summed E-state index contributed by atoms with van der Waals surface area (Å²) in [5.74, 6) is 0.510. The van der Waals surface area contributed by atoms with Crippen molar-refractivity contribution in [1.82, 2.24) is 5.32 Å². The van der Waals surface area contributed by atoms with Crippen LogP contribution in [0.1, 0.15) is 54.4 Å². The molecule has 114 valence electrons. The molecule has 1 aliphatic rings. The molecule has 4 heteroatoms. The summed E-state index contributed by atoms with van der Waals surface area (Å²) in [5, 5.41) is 2.93. The van der Waals surface area contributed by atoms with E-state index in [1.807, 2.05) is 12.1 Å². The Bertz CT molecular complexity index is 475. The van der Waals surface area contributed by atoms with Gasteiger partial charge < -0.3 is 10.1 Å². The van der Waals surface area contributed by atoms with E-state index in [0.717, 1.165) is 17.9 Å². The predicted octanol–water partition coefficient (Wildman–Crippen LogP) is 3.06. The number of esters is 1. The van der Waals surface area contributed by atoms with Crippen molar-refractivity contribution in [2.45, 2.75) is 45.1 Å². The summed E-state index contributed by atoms with van der Waals surface area (Å²) in [6.45, 7) is 0.505. The van der Waals surface area contributed by atoms with E-state index < -0.39 is 0 Å². The van der Waals surface area contributed by atoms with E-state index in [0.29, 0.717) is 18.5 Å². The highest BCUT2D eigenvalue weighted by molar-refractivity contribution is 5.89. The first-order chi connectivity index (χ1) is 10.2. The molecule has 1 aromatic rings. The van der Waals surface area contributed by atoms with Gasteiger partial charge in [0.25, 0.3) is 0 Å². The van der Waals surface area contributed by atoms with Crippen molar-refractivity contribution in [1.29, 1.82) is 0 Å². The molecule has 1 fully saturated rings. The summed E-state index contributed by atoms with van der Waals surface area (Å²) in [6.07, 6.45) is 6.82. The lowest BCUT2D eigenvalue weighted by atomic mass is 10.0. The summed E-state index contributed by atoms with van der Waals surface area (Å²) < 4.78 is 4.65. The fourth-order valence-electron chi connectivity index (χ4n) is 2.80. The maximum absolute atomic E-state index is 11.8. The Labute approximate surface area is 125 Å². The lowest BCUT2D eigenvalue weighted by molar-refractivity contribution is -0.121. The minimum atomic E-state index is -0.345. The molecule has 21 heavy (non-hydrogen) atoms. The van der Waals surface area contributed by atoms with Gasteiger partial charge in [0.05, 0.1) is 12.7 Å². The lowest BCUT2D eigenvalue weighted by Crippen LogP contribution is -2.23. The van der Waals surface area contributed by atoms with E-state index in [-0.39, 0.29) is 11.9 Å². The summed E-state index contributed by atoms with van der Waals surface area (Å²) in [6, 6.07) is 7.10. The van der Waals surface area contributed by atoms with E-state index in [2.05, 4.69) is 10.1 Å². The topological polar surface area (TPSA) is 55.4 Å². The highest BCUT2D eigenvalue weighted by atomic mass is 16.5. The standard InChI is InChI=1S/C17H23NO3/c1-21-17(20)15-9-6-14(7-10-15)12-18-16(19)11-8-13-4-2-3-5-13/h6-7,9-10,13H,2-5,8,11-12H2,1H3,(H,18,19). The van der Waals surface area contributed by atoms with E-state index in [1.165, 1.54) is 32.8 Å². The Kier molecular flexibility index (Phi) is 5.78. The van der Waals surface area contributed by atoms with Crippen LogP contribution in [0.4, 0.5) is 0 Å². The summed E-state index contributed by atoms with van der Waals surface area (Å²) in [7, 11) is 1.36. The van der Waals surface area contributed by atoms with Gasteiger partial charge in [-0.25, -0.2) is 4.79 Å². The van der Waals surface area contributed by atoms with E-state index in [1.54, 1.807) is 12.1 Å². The molecule has 0 heterocycles. The average Bonchev–Trinajstić information content (AvgIpc) is 3.04. The fraction of sp³-hybridized carbons (Fsp3) is 0.529. The van der Waals surface area contributed by atoms with Crippen molar-refractivity contribution in [2.24, 2.45) is 5.92 Å². The third-order valence-electron chi connectivity index (χ3n) is 4.12. The normalized spacial score (nSPS) is 14.9. The number of hydrogen-bond donors (Lipinski definition) is 1. The zero-order chi connectivity index (χ0) is 15.1. The number of carbonyl (C=O) groups is 2. The largest absolute Gasteiger partial charge is 0.465 e. The summed E-state index contributed by atoms with van der Waals surface area (Å²) in [5.41, 5.74) is 1.51. The van der Waals surface area contributed by atoms with Crippen LogP contribution in [0.15, 0.2) is 24.3 Å². The number of methoxy groups -OCH3 is 1. The molecule has 0 aliphatic heterocycles. The van der Waals surface area contributed by atoms with E-state index in [4.69, 9.17) is 0 Å². The molecule has 0 spiro atoms. The van der Waals surface area contributed by atoms with Gasteiger partial charge in [-0.15, -0.1) is 0 Å². The van der Waals surface area contributed by atoms with E-state index >= 15 is 0 Å². The number of carbonyl (C=O) groups excluding carboxylic acids is 2. The van der Waals surface area contributed by atoms with Gasteiger partial charge in [-0.05, 0) is 30.0 Å². The molecule has 0 atom stereocenters. The quantitative estimate of drug-likeness (QED) is 0.819. The number of ether oxygens (including phenoxy) is 1. The Morgan fingerprint density at radius 3 is 2.48 bits per heavy atom. The summed E-state index contributed by atoms with van der Waals surface area (Å²) >= 11 is 0. The number of hydrogen-bond acceptors (Lipinski definition) is 3. The van der Waals surface area contributed by atoms with Crippen LogP contribution in [0.5, 0.6) is 0 Å². The van der Waals surface area contributed by atoms with Crippen molar-refractivity contribution < 1.29 is 14.3 Å². The van der Waals surface area contributed by atoms with Gasteiger partial charge in [-0.2, -0.15) is 0 Å². The molecular formula is C17H23NO3. The van der Waals surface area contributed by atoms with Gasteiger partial charge in [0, 0.05) is 13.0 Å². The maximum Gasteiger partial charge on any atom is 0.337 e. The third-order valence-corrected chi connectivity index (χ3v) is 4.12. The first-order valence-corrected chi connectivity index (χ1v) is 7.63. The van der Waals surface area contributed by atoms with Crippen LogP contribution >= 0.6 is 0 Å². The first-order valence-electron chi connectivity index (χ1n) is 7.63. The van der Waals surface area contributed by atoms with Crippen molar-refractivity contribution in [3.8, 4) is 0 Å². The van der Waals surface area contributed by atoms with Crippen LogP contribution in [-0.4, -0.2) is 19.0 Å². The fourth-order valence-corrected chi connectivity index (χ4v) is 2.80. The van der Waals surface area contributed by atoms with Gasteiger partial charge in [-0.3, -0.25) is 4.79 Å². The molecule has 0 unspecified atom stereocenters. The summed E-state index contributed by atoms with van der Waals surface area (Å²) in [4.78, 5) is 23.1. The molecule has 1 aromatic carbocycles. The minimum absolute atomic E-state index is 0.110. The highest BCUT2D eigenvalue weighted by Gasteiger charge is 2.16. The molecule has 1 N–H and O–H groups in total. The van der Waals surface area contributed by atoms with Gasteiger partial charge in [-0.1, -0.05) is 37.8 Å². The van der Waals surface area contributed by atoms with Crippen LogP contribution in [0.25, 0.3) is 0 Å². The Hall–Kier alpha value is -1.84. The molecule has 0 saturated heterocycles. The van der Waals surface area contributed by atoms with Gasteiger partial charge >= 0.3 is 5.97 Å². The van der Waals surface area contributed by atoms with Crippen molar-refractivity contribution in [2.75, 3.05) is 7.11 Å². The van der Waals surface area contributed by atoms with Crippen molar-refractivity contribution >= 4 is 11.9 Å². The third kappa shape index (κ3) is 4.88. The zero-order valence-corrected chi connectivity index (χ0v) is 12.6. The maximum atomic E-state index is 11.8. The molecule has 0 bridgehead atoms. The predicted molar refractivity (Wildman–Crippen MR) is 80.8 cm³/mol. The van der Waals surface area contributed by atoms with Crippen LogP contribution in [-0.2, 0) is 16.1 Å². The second kappa shape index (κ2) is 7.81. The molecule has 2 rings (SSSR count). The molecular weight excluding hydrogens is 266 g/mol. The number of amides is 1. The zero-order valence-electron chi connectivity index (χ0n) is 12.6. The minimum Gasteiger partial charge on any atom is -0.465 e. The monoisotopic (exact) mass is 289 g/mol. The van der Waals surface area contributed by atoms with Crippen molar-refractivity contribution in [3.63, 3.8) is 0 Å². The number of rotatable bonds is 6. The SMILES string of the molecule is COC(=O)c1ccc(CNC(=O)CCC2CCCC2)cc1. The second-order valence-corrected chi connectivity index (χ2v) is 5.65. The van der Waals surface area contributed by atoms with E-state index in [9.17, 15) is 9.59 Å². The van der Waals surface area contributed by atoms with Gasteiger partial charge in [0.1, 0.15) is 0 Å². The van der Waals surface area contributed by atoms with Crippen LogP contribution in [0, 0.1) is 5.92 Å². The molecule has 1 amide bonds. The van der Waals surface area contributed by atoms with Gasteiger partial charge in [0.2, 0.25) is 5.91 Å². The lowest BCUT2D eigenvalue weighted by Gasteiger charge is -2.09. The van der Waals surface area contributed by atoms with Crippen LogP contribution < -0.4 is 5.32 Å². The Balaban J connectivity index is 1.71. The highest BCUT2D eigenvalue weighted by Crippen LogP contribution is 2.28. The first kappa shape index (κ1) is 15.5. The second-order valence-electron chi connectivity index (χ2n) is 5.65. The van der Waals surface area contributed by atoms with Gasteiger partial charge in [0.15, 0.2) is 0 Å². The smallest absolute Gasteiger partial charge is 0.337 e. The molecule has 1 aliphatic carbocycles. The number of nitrogens with one attached hydrogen (secondary N) is 1. The van der Waals surface area contributed by atoms with Crippen LogP contribution in [0.3, 0.4) is 0 Å². The molecule has 0 radical (unpaired) electrons. The molecule has 1 saturated carbocycles.